The smallest absolute Gasteiger partial charge is 0.351 e. The van der Waals surface area contributed by atoms with Crippen molar-refractivity contribution in [1.29, 1.82) is 0 Å². The summed E-state index contributed by atoms with van der Waals surface area (Å²) in [6, 6.07) is 1.31. The summed E-state index contributed by atoms with van der Waals surface area (Å²) in [6.45, 7) is 1.69. The molecule has 28 heavy (non-hydrogen) atoms. The summed E-state index contributed by atoms with van der Waals surface area (Å²) < 4.78 is 26.3. The van der Waals surface area contributed by atoms with Crippen LogP contribution in [0.5, 0.6) is 0 Å². The van der Waals surface area contributed by atoms with Gasteiger partial charge in [-0.15, -0.1) is 11.6 Å². The van der Waals surface area contributed by atoms with Crippen LogP contribution in [0, 0.1) is 0 Å². The molecule has 4 atom stereocenters. The van der Waals surface area contributed by atoms with E-state index in [9.17, 15) is 19.1 Å². The first-order chi connectivity index (χ1) is 13.3. The molecule has 1 aliphatic rings. The highest BCUT2D eigenvalue weighted by Crippen LogP contribution is 2.39. The SMILES string of the molecule is CCCCCCCC(=O)OCC1(CCl)OC(n2ccc(N)nc2=O)C(F)C1O. The number of nitrogens with zero attached hydrogens (tertiary/aromatic N) is 2. The zero-order chi connectivity index (χ0) is 20.7. The first-order valence-corrected chi connectivity index (χ1v) is 9.94. The summed E-state index contributed by atoms with van der Waals surface area (Å²) in [5.74, 6) is -0.819. The van der Waals surface area contributed by atoms with Crippen molar-refractivity contribution in [2.45, 2.75) is 69.6 Å². The molecular formula is C18H27ClFN3O5. The summed E-state index contributed by atoms with van der Waals surface area (Å²) in [4.78, 5) is 27.4. The number of hydrogen-bond acceptors (Lipinski definition) is 7. The van der Waals surface area contributed by atoms with Crippen LogP contribution in [0.15, 0.2) is 17.1 Å². The molecule has 1 fully saturated rings. The van der Waals surface area contributed by atoms with Crippen molar-refractivity contribution in [3.05, 3.63) is 22.7 Å². The maximum absolute atomic E-state index is 14.7. The van der Waals surface area contributed by atoms with E-state index in [1.165, 1.54) is 12.3 Å². The van der Waals surface area contributed by atoms with Gasteiger partial charge in [0.1, 0.15) is 24.1 Å². The van der Waals surface area contributed by atoms with Crippen molar-refractivity contribution >= 4 is 23.4 Å². The Morgan fingerprint density at radius 3 is 2.82 bits per heavy atom. The molecule has 0 amide bonds. The van der Waals surface area contributed by atoms with Crippen LogP contribution >= 0.6 is 11.6 Å². The molecule has 0 bridgehead atoms. The highest BCUT2D eigenvalue weighted by Gasteiger charge is 2.56. The zero-order valence-electron chi connectivity index (χ0n) is 15.9. The average Bonchev–Trinajstić information content (AvgIpc) is 2.92. The second-order valence-corrected chi connectivity index (χ2v) is 7.23. The zero-order valence-corrected chi connectivity index (χ0v) is 16.6. The Hall–Kier alpha value is -1.71. The second-order valence-electron chi connectivity index (χ2n) is 6.96. The second kappa shape index (κ2) is 10.2. The van der Waals surface area contributed by atoms with Gasteiger partial charge in [-0.25, -0.2) is 9.18 Å². The largest absolute Gasteiger partial charge is 0.462 e. The molecule has 1 aromatic heterocycles. The Morgan fingerprint density at radius 2 is 2.18 bits per heavy atom. The summed E-state index contributed by atoms with van der Waals surface area (Å²) in [5.41, 5.74) is 2.94. The number of ether oxygens (including phenoxy) is 2. The van der Waals surface area contributed by atoms with Gasteiger partial charge in [-0.3, -0.25) is 9.36 Å². The lowest BCUT2D eigenvalue weighted by atomic mass is 9.99. The molecule has 10 heteroatoms. The van der Waals surface area contributed by atoms with Gasteiger partial charge in [0, 0.05) is 12.6 Å². The fourth-order valence-corrected chi connectivity index (χ4v) is 3.37. The normalized spacial score (nSPS) is 27.1. The Kier molecular flexibility index (Phi) is 8.21. The van der Waals surface area contributed by atoms with Gasteiger partial charge in [-0.05, 0) is 12.5 Å². The van der Waals surface area contributed by atoms with Gasteiger partial charge in [0.25, 0.3) is 0 Å². The Bertz CT molecular complexity index is 719. The lowest BCUT2D eigenvalue weighted by molar-refractivity contribution is -0.162. The highest BCUT2D eigenvalue weighted by atomic mass is 35.5. The molecule has 158 valence electrons. The van der Waals surface area contributed by atoms with E-state index in [0.29, 0.717) is 6.42 Å². The van der Waals surface area contributed by atoms with Crippen LogP contribution in [0.4, 0.5) is 10.2 Å². The summed E-state index contributed by atoms with van der Waals surface area (Å²) in [5, 5.41) is 10.3. The van der Waals surface area contributed by atoms with Crippen molar-refractivity contribution in [2.75, 3.05) is 18.2 Å². The fourth-order valence-electron chi connectivity index (χ4n) is 3.07. The average molecular weight is 420 g/mol. The van der Waals surface area contributed by atoms with Crippen LogP contribution in [-0.4, -0.2) is 51.0 Å². The van der Waals surface area contributed by atoms with Gasteiger partial charge in [0.05, 0.1) is 5.88 Å². The molecule has 1 saturated heterocycles. The first kappa shape index (κ1) is 22.6. The van der Waals surface area contributed by atoms with Crippen LogP contribution in [0.25, 0.3) is 0 Å². The molecule has 8 nitrogen and oxygen atoms in total. The van der Waals surface area contributed by atoms with E-state index in [1.54, 1.807) is 0 Å². The third-order valence-corrected chi connectivity index (χ3v) is 5.23. The van der Waals surface area contributed by atoms with Gasteiger partial charge in [0.2, 0.25) is 0 Å². The quantitative estimate of drug-likeness (QED) is 0.338. The maximum Gasteiger partial charge on any atom is 0.351 e. The molecule has 3 N–H and O–H groups in total. The molecule has 0 radical (unpaired) electrons. The van der Waals surface area contributed by atoms with Crippen LogP contribution < -0.4 is 11.4 Å². The lowest BCUT2D eigenvalue weighted by Crippen LogP contribution is -2.48. The monoisotopic (exact) mass is 419 g/mol. The minimum atomic E-state index is -1.96. The fraction of sp³-hybridized carbons (Fsp3) is 0.722. The van der Waals surface area contributed by atoms with E-state index in [2.05, 4.69) is 11.9 Å². The number of nitrogens with two attached hydrogens (primary N) is 1. The molecule has 0 spiro atoms. The van der Waals surface area contributed by atoms with E-state index in [-0.39, 0.29) is 18.1 Å². The van der Waals surface area contributed by atoms with Crippen LogP contribution in [0.2, 0.25) is 0 Å². The third-order valence-electron chi connectivity index (χ3n) is 4.78. The Morgan fingerprint density at radius 1 is 1.46 bits per heavy atom. The minimum Gasteiger partial charge on any atom is -0.462 e. The number of esters is 1. The van der Waals surface area contributed by atoms with Crippen molar-refractivity contribution in [2.24, 2.45) is 0 Å². The van der Waals surface area contributed by atoms with E-state index in [0.717, 1.165) is 30.3 Å². The highest BCUT2D eigenvalue weighted by molar-refractivity contribution is 6.18. The van der Waals surface area contributed by atoms with Gasteiger partial charge in [-0.2, -0.15) is 4.98 Å². The number of aliphatic hydroxyl groups excluding tert-OH is 1. The lowest BCUT2D eigenvalue weighted by Gasteiger charge is -2.29. The van der Waals surface area contributed by atoms with Crippen molar-refractivity contribution in [1.82, 2.24) is 9.55 Å². The number of unbranched alkanes of at least 4 members (excludes halogenated alkanes) is 4. The molecule has 1 aliphatic heterocycles. The van der Waals surface area contributed by atoms with Gasteiger partial charge >= 0.3 is 11.7 Å². The molecule has 0 saturated carbocycles. The number of alkyl halides is 2. The molecule has 1 aromatic rings. The van der Waals surface area contributed by atoms with Gasteiger partial charge in [0.15, 0.2) is 12.4 Å². The predicted molar refractivity (Wildman–Crippen MR) is 102 cm³/mol. The van der Waals surface area contributed by atoms with E-state index < -0.39 is 42.4 Å². The number of aromatic nitrogens is 2. The number of anilines is 1. The van der Waals surface area contributed by atoms with Crippen molar-refractivity contribution in [3.63, 3.8) is 0 Å². The Labute approximate surface area is 167 Å². The molecule has 4 unspecified atom stereocenters. The van der Waals surface area contributed by atoms with Crippen LogP contribution in [0.1, 0.15) is 51.7 Å². The number of carbonyl (C=O) groups excluding carboxylic acids is 1. The van der Waals surface area contributed by atoms with Crippen LogP contribution in [0.3, 0.4) is 0 Å². The number of rotatable bonds is 10. The summed E-state index contributed by atoms with van der Waals surface area (Å²) >= 11 is 5.92. The first-order valence-electron chi connectivity index (χ1n) is 9.41. The number of nitrogen functional groups attached to an aromatic ring is 1. The maximum atomic E-state index is 14.7. The number of halogens is 2. The number of aliphatic hydroxyl groups is 1. The van der Waals surface area contributed by atoms with E-state index in [4.69, 9.17) is 26.8 Å². The van der Waals surface area contributed by atoms with Crippen LogP contribution in [-0.2, 0) is 14.3 Å². The van der Waals surface area contributed by atoms with Gasteiger partial charge in [-0.1, -0.05) is 32.6 Å². The number of hydrogen-bond donors (Lipinski definition) is 2. The predicted octanol–water partition coefficient (Wildman–Crippen LogP) is 1.93. The molecular weight excluding hydrogens is 393 g/mol. The summed E-state index contributed by atoms with van der Waals surface area (Å²) in [6.07, 6.45) is 1.23. The van der Waals surface area contributed by atoms with E-state index >= 15 is 0 Å². The van der Waals surface area contributed by atoms with Crippen molar-refractivity contribution < 1.29 is 23.8 Å². The molecule has 0 aromatic carbocycles. The van der Waals surface area contributed by atoms with Crippen molar-refractivity contribution in [3.8, 4) is 0 Å². The topological polar surface area (TPSA) is 117 Å². The molecule has 2 heterocycles. The molecule has 0 aliphatic carbocycles. The van der Waals surface area contributed by atoms with E-state index in [1.807, 2.05) is 0 Å². The summed E-state index contributed by atoms with van der Waals surface area (Å²) in [7, 11) is 0. The number of carbonyl (C=O) groups is 1. The standard InChI is InChI=1S/C18H27ClFN3O5/c1-2-3-4-5-6-7-13(24)27-11-18(10-19)15(25)14(20)16(28-18)23-9-8-12(21)22-17(23)26/h8-9,14-16,25H,2-7,10-11H2,1H3,(H2,21,22,26). The van der Waals surface area contributed by atoms with Gasteiger partial charge < -0.3 is 20.3 Å². The Balaban J connectivity index is 1.99. The molecule has 2 rings (SSSR count). The minimum absolute atomic E-state index is 0.0216. The third kappa shape index (κ3) is 5.21.